The Balaban J connectivity index is 2.00. The summed E-state index contributed by atoms with van der Waals surface area (Å²) >= 11 is 1.49. The first kappa shape index (κ1) is 18.4. The van der Waals surface area contributed by atoms with Gasteiger partial charge in [0, 0.05) is 12.7 Å². The maximum absolute atomic E-state index is 11.8. The summed E-state index contributed by atoms with van der Waals surface area (Å²) in [6.45, 7) is 2.13. The van der Waals surface area contributed by atoms with Crippen LogP contribution < -0.4 is 4.90 Å². The average Bonchev–Trinajstić information content (AvgIpc) is 2.95. The first-order valence-electron chi connectivity index (χ1n) is 8.77. The van der Waals surface area contributed by atoms with Crippen LogP contribution in [0.2, 0.25) is 0 Å². The van der Waals surface area contributed by atoms with Gasteiger partial charge in [0.1, 0.15) is 11.2 Å². The quantitative estimate of drug-likeness (QED) is 0.790. The molecule has 0 spiro atoms. The van der Waals surface area contributed by atoms with Crippen LogP contribution in [0.4, 0.5) is 5.69 Å². The third kappa shape index (κ3) is 3.31. The minimum atomic E-state index is -0.874. The Morgan fingerprint density at radius 2 is 1.69 bits per heavy atom. The summed E-state index contributed by atoms with van der Waals surface area (Å²) in [6.07, 6.45) is 3.85. The monoisotopic (exact) mass is 368 g/mol. The normalized spacial score (nSPS) is 17.1. The van der Waals surface area contributed by atoms with E-state index in [1.807, 2.05) is 36.4 Å². The van der Waals surface area contributed by atoms with Gasteiger partial charge in [0.15, 0.2) is 5.70 Å². The van der Waals surface area contributed by atoms with E-state index >= 15 is 0 Å². The van der Waals surface area contributed by atoms with Crippen molar-refractivity contribution >= 4 is 23.4 Å². The van der Waals surface area contributed by atoms with Gasteiger partial charge in [-0.1, -0.05) is 55.8 Å². The second-order valence-electron chi connectivity index (χ2n) is 6.33. The van der Waals surface area contributed by atoms with Crippen molar-refractivity contribution in [3.05, 3.63) is 65.3 Å². The molecule has 0 fully saturated rings. The van der Waals surface area contributed by atoms with Gasteiger partial charge >= 0.3 is 5.97 Å². The third-order valence-corrected chi connectivity index (χ3v) is 5.49. The van der Waals surface area contributed by atoms with Crippen molar-refractivity contribution in [2.45, 2.75) is 25.9 Å². The molecule has 1 aliphatic heterocycles. The fraction of sp³-hybridized carbons (Fsp3) is 0.286. The van der Waals surface area contributed by atoms with Crippen molar-refractivity contribution < 1.29 is 9.90 Å². The van der Waals surface area contributed by atoms with E-state index in [1.165, 1.54) is 17.3 Å². The van der Waals surface area contributed by atoms with Gasteiger partial charge in [-0.25, -0.2) is 4.79 Å². The number of hydrogen-bond donors (Lipinski definition) is 1. The van der Waals surface area contributed by atoms with E-state index in [0.717, 1.165) is 29.1 Å². The largest absolute Gasteiger partial charge is 0.476 e. The second kappa shape index (κ2) is 7.87. The summed E-state index contributed by atoms with van der Waals surface area (Å²) in [5.74, 6) is -0.874. The van der Waals surface area contributed by atoms with Crippen LogP contribution in [0, 0.1) is 0 Å². The van der Waals surface area contributed by atoms with Crippen molar-refractivity contribution in [2.75, 3.05) is 18.2 Å². The number of thioether (sulfide) groups is 1. The van der Waals surface area contributed by atoms with Crippen molar-refractivity contribution in [1.82, 2.24) is 4.90 Å². The lowest BCUT2D eigenvalue weighted by Gasteiger charge is -2.32. The molecular formula is C21H24N2O2S. The summed E-state index contributed by atoms with van der Waals surface area (Å²) < 4.78 is 0. The molecule has 0 aliphatic carbocycles. The predicted molar refractivity (Wildman–Crippen MR) is 109 cm³/mol. The number of rotatable bonds is 6. The molecule has 0 saturated carbocycles. The van der Waals surface area contributed by atoms with Gasteiger partial charge in [0.2, 0.25) is 0 Å². The smallest absolute Gasteiger partial charge is 0.354 e. The van der Waals surface area contributed by atoms with Gasteiger partial charge in [-0.2, -0.15) is 0 Å². The zero-order valence-corrected chi connectivity index (χ0v) is 16.2. The van der Waals surface area contributed by atoms with Crippen LogP contribution >= 0.6 is 11.8 Å². The topological polar surface area (TPSA) is 43.8 Å². The van der Waals surface area contributed by atoms with Gasteiger partial charge in [-0.15, -0.1) is 11.8 Å². The van der Waals surface area contributed by atoms with Crippen molar-refractivity contribution in [1.29, 1.82) is 0 Å². The number of carbonyl (C=O) groups is 1. The summed E-state index contributed by atoms with van der Waals surface area (Å²) in [4.78, 5) is 15.9. The van der Waals surface area contributed by atoms with E-state index in [2.05, 4.69) is 48.2 Å². The minimum absolute atomic E-state index is 0.0242. The van der Waals surface area contributed by atoms with Crippen LogP contribution in [0.1, 0.15) is 19.8 Å². The number of anilines is 1. The molecule has 2 aromatic rings. The van der Waals surface area contributed by atoms with Crippen LogP contribution in [-0.2, 0) is 4.79 Å². The van der Waals surface area contributed by atoms with E-state index in [4.69, 9.17) is 0 Å². The molecule has 0 aromatic heterocycles. The Bertz CT molecular complexity index is 803. The van der Waals surface area contributed by atoms with Crippen LogP contribution in [0.5, 0.6) is 0 Å². The summed E-state index contributed by atoms with van der Waals surface area (Å²) in [7, 11) is 1.87. The zero-order chi connectivity index (χ0) is 18.7. The number of nitrogens with zero attached hydrogens (tertiary/aromatic N) is 2. The molecule has 3 rings (SSSR count). The average molecular weight is 369 g/mol. The van der Waals surface area contributed by atoms with Gasteiger partial charge in [-0.05, 0) is 35.9 Å². The molecule has 0 saturated heterocycles. The molecule has 1 heterocycles. The zero-order valence-electron chi connectivity index (χ0n) is 15.3. The van der Waals surface area contributed by atoms with Gasteiger partial charge in [0.05, 0.1) is 0 Å². The van der Waals surface area contributed by atoms with Gasteiger partial charge in [0.25, 0.3) is 0 Å². The van der Waals surface area contributed by atoms with Crippen molar-refractivity contribution in [2.24, 2.45) is 0 Å². The summed E-state index contributed by atoms with van der Waals surface area (Å²) in [5.41, 5.74) is 3.73. The van der Waals surface area contributed by atoms with Crippen LogP contribution in [-0.4, -0.2) is 35.4 Å². The molecule has 1 unspecified atom stereocenters. The lowest BCUT2D eigenvalue weighted by Crippen LogP contribution is -2.39. The van der Waals surface area contributed by atoms with Crippen molar-refractivity contribution in [3.8, 4) is 11.1 Å². The molecule has 5 heteroatoms. The molecule has 2 aromatic carbocycles. The fourth-order valence-electron chi connectivity index (χ4n) is 3.48. The van der Waals surface area contributed by atoms with Crippen LogP contribution in [0.25, 0.3) is 11.1 Å². The van der Waals surface area contributed by atoms with Gasteiger partial charge in [-0.3, -0.25) is 0 Å². The van der Waals surface area contributed by atoms with Gasteiger partial charge < -0.3 is 14.9 Å². The molecule has 1 aliphatic rings. The Labute approximate surface area is 159 Å². The lowest BCUT2D eigenvalue weighted by atomic mass is 10.1. The maximum atomic E-state index is 11.8. The highest BCUT2D eigenvalue weighted by Crippen LogP contribution is 2.40. The molecule has 0 amide bonds. The number of likely N-dealkylation sites (N-methyl/N-ethyl adjacent to an activating group) is 1. The Morgan fingerprint density at radius 1 is 1.08 bits per heavy atom. The third-order valence-electron chi connectivity index (χ3n) is 4.71. The predicted octanol–water partition coefficient (Wildman–Crippen LogP) is 4.85. The highest BCUT2D eigenvalue weighted by Gasteiger charge is 2.39. The Hall–Kier alpha value is -2.40. The Kier molecular flexibility index (Phi) is 5.57. The van der Waals surface area contributed by atoms with Crippen LogP contribution in [0.15, 0.2) is 65.3 Å². The molecule has 1 atom stereocenters. The van der Waals surface area contributed by atoms with Crippen molar-refractivity contribution in [3.63, 3.8) is 0 Å². The van der Waals surface area contributed by atoms with E-state index in [-0.39, 0.29) is 6.17 Å². The molecule has 0 bridgehead atoms. The molecule has 4 nitrogen and oxygen atoms in total. The second-order valence-corrected chi connectivity index (χ2v) is 7.12. The number of hydrogen-bond acceptors (Lipinski definition) is 4. The number of aliphatic carboxylic acids is 1. The van der Waals surface area contributed by atoms with Crippen LogP contribution in [0.3, 0.4) is 0 Å². The fourth-order valence-corrected chi connectivity index (χ4v) is 4.32. The summed E-state index contributed by atoms with van der Waals surface area (Å²) in [5, 5.41) is 10.5. The number of benzene rings is 2. The highest BCUT2D eigenvalue weighted by atomic mass is 32.2. The molecule has 26 heavy (non-hydrogen) atoms. The molecular weight excluding hydrogens is 344 g/mol. The highest BCUT2D eigenvalue weighted by molar-refractivity contribution is 8.02. The number of carboxylic acids is 1. The Morgan fingerprint density at radius 3 is 2.23 bits per heavy atom. The standard InChI is InChI=1S/C21H24N2O2S/c1-4-8-18-22(2)19(21(24)25)20(26-3)23(18)17-13-11-16(12-14-17)15-9-6-5-7-10-15/h5-7,9-14,18H,4,8H2,1-3H3,(H,24,25). The first-order valence-corrected chi connectivity index (χ1v) is 10.00. The molecule has 0 radical (unpaired) electrons. The SMILES string of the molecule is CCCC1N(C)C(C(=O)O)=C(SC)N1c1ccc(-c2ccccc2)cc1. The molecule has 136 valence electrons. The maximum Gasteiger partial charge on any atom is 0.354 e. The minimum Gasteiger partial charge on any atom is -0.476 e. The van der Waals surface area contributed by atoms with E-state index in [9.17, 15) is 9.90 Å². The van der Waals surface area contributed by atoms with E-state index in [1.54, 1.807) is 0 Å². The lowest BCUT2D eigenvalue weighted by molar-refractivity contribution is -0.134. The number of carboxylic acid groups (broad SMARTS) is 1. The first-order chi connectivity index (χ1) is 12.6. The van der Waals surface area contributed by atoms with E-state index < -0.39 is 5.97 Å². The summed E-state index contributed by atoms with van der Waals surface area (Å²) in [6, 6.07) is 18.6. The molecule has 1 N–H and O–H groups in total. The van der Waals surface area contributed by atoms with E-state index in [0.29, 0.717) is 5.70 Å².